The minimum Gasteiger partial charge on any atom is -0.495 e. The van der Waals surface area contributed by atoms with Crippen molar-refractivity contribution in [1.29, 1.82) is 0 Å². The Morgan fingerprint density at radius 2 is 1.81 bits per heavy atom. The van der Waals surface area contributed by atoms with Gasteiger partial charge in [0.05, 0.1) is 12.8 Å². The molecule has 0 aliphatic heterocycles. The van der Waals surface area contributed by atoms with Gasteiger partial charge in [-0.3, -0.25) is 0 Å². The first-order valence-corrected chi connectivity index (χ1v) is 9.40. The van der Waals surface area contributed by atoms with Gasteiger partial charge in [0.25, 0.3) is 0 Å². The summed E-state index contributed by atoms with van der Waals surface area (Å²) in [5.41, 5.74) is 4.95. The van der Waals surface area contributed by atoms with E-state index in [1.54, 1.807) is 7.11 Å². The maximum Gasteiger partial charge on any atom is 0.319 e. The summed E-state index contributed by atoms with van der Waals surface area (Å²) in [5.74, 6) is 0.812. The van der Waals surface area contributed by atoms with E-state index in [-0.39, 0.29) is 6.03 Å². The number of aryl methyl sites for hydroxylation is 1. The summed E-state index contributed by atoms with van der Waals surface area (Å²) in [6.07, 6.45) is 0. The minimum atomic E-state index is -0.237. The van der Waals surface area contributed by atoms with Crippen molar-refractivity contribution < 1.29 is 9.53 Å². The number of amides is 2. The van der Waals surface area contributed by atoms with Crippen LogP contribution < -0.4 is 15.4 Å². The summed E-state index contributed by atoms with van der Waals surface area (Å²) >= 11 is 3.38. The summed E-state index contributed by atoms with van der Waals surface area (Å²) in [6.45, 7) is 4.53. The number of aromatic nitrogens is 1. The van der Waals surface area contributed by atoms with Crippen molar-refractivity contribution in [1.82, 2.24) is 9.88 Å². The predicted molar refractivity (Wildman–Crippen MR) is 112 cm³/mol. The number of hydrogen-bond acceptors (Lipinski definition) is 2. The van der Waals surface area contributed by atoms with E-state index < -0.39 is 0 Å². The van der Waals surface area contributed by atoms with Gasteiger partial charge in [-0.05, 0) is 61.9 Å². The van der Waals surface area contributed by atoms with Crippen LogP contribution in [0, 0.1) is 13.8 Å². The number of halogens is 1. The van der Waals surface area contributed by atoms with Crippen molar-refractivity contribution in [3.05, 3.63) is 76.0 Å². The van der Waals surface area contributed by atoms with Crippen molar-refractivity contribution in [2.75, 3.05) is 12.4 Å². The highest BCUT2D eigenvalue weighted by molar-refractivity contribution is 9.10. The van der Waals surface area contributed by atoms with Gasteiger partial charge in [-0.15, -0.1) is 0 Å². The molecule has 3 aromatic rings. The van der Waals surface area contributed by atoms with Crippen LogP contribution in [0.2, 0.25) is 0 Å². The zero-order chi connectivity index (χ0) is 19.4. The summed E-state index contributed by atoms with van der Waals surface area (Å²) in [5, 5.41) is 5.75. The molecule has 2 amide bonds. The van der Waals surface area contributed by atoms with Crippen molar-refractivity contribution >= 4 is 27.6 Å². The number of carbonyl (C=O) groups is 1. The molecule has 0 aliphatic carbocycles. The third kappa shape index (κ3) is 4.34. The van der Waals surface area contributed by atoms with E-state index in [1.807, 2.05) is 62.4 Å². The smallest absolute Gasteiger partial charge is 0.319 e. The molecule has 1 aromatic heterocycles. The summed E-state index contributed by atoms with van der Waals surface area (Å²) in [7, 11) is 1.67. The fourth-order valence-corrected chi connectivity index (χ4v) is 3.34. The minimum absolute atomic E-state index is 0.237. The summed E-state index contributed by atoms with van der Waals surface area (Å²) in [4.78, 5) is 12.2. The molecule has 0 saturated carbocycles. The number of para-hydroxylation sites is 2. The molecule has 6 heteroatoms. The molecule has 3 rings (SSSR count). The molecule has 0 spiro atoms. The Balaban J connectivity index is 1.73. The van der Waals surface area contributed by atoms with E-state index in [0.717, 1.165) is 38.5 Å². The number of nitrogens with zero attached hydrogens (tertiary/aromatic N) is 1. The SMILES string of the molecule is COc1ccccc1-n1c(C)cc(CNC(=O)Nc2ccc(Br)cc2)c1C. The monoisotopic (exact) mass is 427 g/mol. The fraction of sp³-hybridized carbons (Fsp3) is 0.190. The molecule has 0 saturated heterocycles. The largest absolute Gasteiger partial charge is 0.495 e. The normalized spacial score (nSPS) is 10.5. The van der Waals surface area contributed by atoms with Crippen LogP contribution in [0.5, 0.6) is 5.75 Å². The Morgan fingerprint density at radius 3 is 2.52 bits per heavy atom. The van der Waals surface area contributed by atoms with Crippen LogP contribution in [-0.4, -0.2) is 17.7 Å². The van der Waals surface area contributed by atoms with Crippen molar-refractivity contribution in [2.45, 2.75) is 20.4 Å². The molecule has 0 radical (unpaired) electrons. The molecule has 2 aromatic carbocycles. The maximum atomic E-state index is 12.2. The first kappa shape index (κ1) is 19.0. The van der Waals surface area contributed by atoms with E-state index in [9.17, 15) is 4.79 Å². The second-order valence-corrected chi connectivity index (χ2v) is 7.13. The average Bonchev–Trinajstić information content (AvgIpc) is 2.95. The molecular weight excluding hydrogens is 406 g/mol. The summed E-state index contributed by atoms with van der Waals surface area (Å²) < 4.78 is 8.60. The Labute approximate surface area is 167 Å². The molecule has 0 unspecified atom stereocenters. The third-order valence-corrected chi connectivity index (χ3v) is 4.93. The fourth-order valence-electron chi connectivity index (χ4n) is 3.08. The first-order chi connectivity index (χ1) is 13.0. The van der Waals surface area contributed by atoms with Crippen LogP contribution in [-0.2, 0) is 6.54 Å². The van der Waals surface area contributed by atoms with Crippen molar-refractivity contribution in [3.63, 3.8) is 0 Å². The molecular formula is C21H22BrN3O2. The lowest BCUT2D eigenvalue weighted by molar-refractivity contribution is 0.251. The molecule has 140 valence electrons. The number of urea groups is 1. The topological polar surface area (TPSA) is 55.3 Å². The van der Waals surface area contributed by atoms with Gasteiger partial charge in [-0.2, -0.15) is 0 Å². The second-order valence-electron chi connectivity index (χ2n) is 6.22. The van der Waals surface area contributed by atoms with Gasteiger partial charge < -0.3 is 19.9 Å². The van der Waals surface area contributed by atoms with E-state index >= 15 is 0 Å². The molecule has 2 N–H and O–H groups in total. The summed E-state index contributed by atoms with van der Waals surface area (Å²) in [6, 6.07) is 17.2. The van der Waals surface area contributed by atoms with Gasteiger partial charge >= 0.3 is 6.03 Å². The highest BCUT2D eigenvalue weighted by Crippen LogP contribution is 2.27. The Kier molecular flexibility index (Phi) is 5.86. The van der Waals surface area contributed by atoms with Crippen LogP contribution in [0.15, 0.2) is 59.1 Å². The lowest BCUT2D eigenvalue weighted by Crippen LogP contribution is -2.28. The van der Waals surface area contributed by atoms with E-state index in [2.05, 4.69) is 37.2 Å². The predicted octanol–water partition coefficient (Wildman–Crippen LogP) is 5.19. The number of carbonyl (C=O) groups excluding carboxylic acids is 1. The van der Waals surface area contributed by atoms with Gasteiger partial charge in [0, 0.05) is 28.1 Å². The second kappa shape index (κ2) is 8.31. The highest BCUT2D eigenvalue weighted by Gasteiger charge is 2.14. The zero-order valence-corrected chi connectivity index (χ0v) is 17.1. The Bertz CT molecular complexity index is 949. The molecule has 0 atom stereocenters. The number of hydrogen-bond donors (Lipinski definition) is 2. The molecule has 27 heavy (non-hydrogen) atoms. The van der Waals surface area contributed by atoms with E-state index in [0.29, 0.717) is 6.54 Å². The molecule has 0 fully saturated rings. The molecule has 0 bridgehead atoms. The van der Waals surface area contributed by atoms with Crippen LogP contribution in [0.3, 0.4) is 0 Å². The van der Waals surface area contributed by atoms with Gasteiger partial charge in [-0.1, -0.05) is 28.1 Å². The number of rotatable bonds is 5. The standard InChI is InChI=1S/C21H22BrN3O2/c1-14-12-16(13-23-21(26)24-18-10-8-17(22)9-11-18)15(2)25(14)19-6-4-5-7-20(19)27-3/h4-12H,13H2,1-3H3,(H2,23,24,26). The third-order valence-electron chi connectivity index (χ3n) is 4.40. The van der Waals surface area contributed by atoms with Crippen LogP contribution >= 0.6 is 15.9 Å². The molecule has 5 nitrogen and oxygen atoms in total. The maximum absolute atomic E-state index is 12.2. The van der Waals surface area contributed by atoms with Crippen LogP contribution in [0.4, 0.5) is 10.5 Å². The van der Waals surface area contributed by atoms with E-state index in [1.165, 1.54) is 0 Å². The van der Waals surface area contributed by atoms with Gasteiger partial charge in [0.1, 0.15) is 5.75 Å². The number of nitrogens with one attached hydrogen (secondary N) is 2. The quantitative estimate of drug-likeness (QED) is 0.588. The lowest BCUT2D eigenvalue weighted by atomic mass is 10.2. The van der Waals surface area contributed by atoms with E-state index in [4.69, 9.17) is 4.74 Å². The number of anilines is 1. The van der Waals surface area contributed by atoms with Gasteiger partial charge in [-0.25, -0.2) is 4.79 Å². The Morgan fingerprint density at radius 1 is 1.11 bits per heavy atom. The van der Waals surface area contributed by atoms with Gasteiger partial charge in [0.15, 0.2) is 0 Å². The van der Waals surface area contributed by atoms with Gasteiger partial charge in [0.2, 0.25) is 0 Å². The lowest BCUT2D eigenvalue weighted by Gasteiger charge is -2.14. The Hall–Kier alpha value is -2.73. The highest BCUT2D eigenvalue weighted by atomic mass is 79.9. The average molecular weight is 428 g/mol. The molecule has 1 heterocycles. The number of benzene rings is 2. The van der Waals surface area contributed by atoms with Crippen LogP contribution in [0.1, 0.15) is 17.0 Å². The molecule has 0 aliphatic rings. The number of methoxy groups -OCH3 is 1. The zero-order valence-electron chi connectivity index (χ0n) is 15.5. The number of ether oxygens (including phenoxy) is 1. The van der Waals surface area contributed by atoms with Crippen molar-refractivity contribution in [3.8, 4) is 11.4 Å². The van der Waals surface area contributed by atoms with Crippen molar-refractivity contribution in [2.24, 2.45) is 0 Å². The first-order valence-electron chi connectivity index (χ1n) is 8.61. The van der Waals surface area contributed by atoms with Crippen LogP contribution in [0.25, 0.3) is 5.69 Å².